The fraction of sp³-hybridized carbons (Fsp3) is 0.444. The van der Waals surface area contributed by atoms with E-state index in [2.05, 4.69) is 51.1 Å². The largest absolute Gasteiger partial charge is 0.378 e. The van der Waals surface area contributed by atoms with Crippen LogP contribution in [0.1, 0.15) is 55.9 Å². The molecule has 0 bridgehead atoms. The number of fused-ring (bicyclic) bond motifs is 1. The molecular weight excluding hydrogens is 592 g/mol. The summed E-state index contributed by atoms with van der Waals surface area (Å²) < 4.78 is 7.75. The van der Waals surface area contributed by atoms with Crippen molar-refractivity contribution in [3.8, 4) is 11.4 Å². The smallest absolute Gasteiger partial charge is 0.323 e. The second-order valence-corrected chi connectivity index (χ2v) is 13.0. The summed E-state index contributed by atoms with van der Waals surface area (Å²) in [6.45, 7) is 11.2. The number of rotatable bonds is 7. The molecule has 3 fully saturated rings. The first kappa shape index (κ1) is 31.1. The highest BCUT2D eigenvalue weighted by atomic mass is 16.5. The predicted octanol–water partition coefficient (Wildman–Crippen LogP) is 5.86. The van der Waals surface area contributed by atoms with E-state index in [-0.39, 0.29) is 18.0 Å². The monoisotopic (exact) mass is 636 g/mol. The van der Waals surface area contributed by atoms with Crippen LogP contribution in [0.3, 0.4) is 0 Å². The molecule has 0 atom stereocenters. The van der Waals surface area contributed by atoms with E-state index in [1.165, 1.54) is 25.9 Å². The normalized spacial score (nSPS) is 17.9. The molecule has 2 N–H and O–H groups in total. The van der Waals surface area contributed by atoms with Crippen LogP contribution in [0.4, 0.5) is 22.0 Å². The van der Waals surface area contributed by atoms with Gasteiger partial charge in [0.2, 0.25) is 0 Å². The van der Waals surface area contributed by atoms with Crippen LogP contribution in [-0.4, -0.2) is 94.8 Å². The number of hydrogen-bond acceptors (Lipinski definition) is 7. The van der Waals surface area contributed by atoms with Crippen molar-refractivity contribution in [2.45, 2.75) is 51.6 Å². The minimum Gasteiger partial charge on any atom is -0.378 e. The van der Waals surface area contributed by atoms with Crippen molar-refractivity contribution in [1.82, 2.24) is 24.3 Å². The minimum atomic E-state index is -0.358. The van der Waals surface area contributed by atoms with Gasteiger partial charge in [0.15, 0.2) is 5.82 Å². The quantitative estimate of drug-likeness (QED) is 0.262. The average molecular weight is 637 g/mol. The van der Waals surface area contributed by atoms with Gasteiger partial charge in [-0.25, -0.2) is 14.8 Å². The molecule has 2 aromatic carbocycles. The molecule has 7 rings (SSSR count). The van der Waals surface area contributed by atoms with Gasteiger partial charge in [0.05, 0.1) is 18.6 Å². The second-order valence-electron chi connectivity index (χ2n) is 13.0. The van der Waals surface area contributed by atoms with Crippen LogP contribution in [-0.2, 0) is 4.74 Å². The van der Waals surface area contributed by atoms with Gasteiger partial charge in [0.1, 0.15) is 11.5 Å². The number of hydrogen-bond donors (Lipinski definition) is 2. The molecule has 0 unspecified atom stereocenters. The van der Waals surface area contributed by atoms with Gasteiger partial charge in [-0.05, 0) is 107 Å². The van der Waals surface area contributed by atoms with E-state index in [0.717, 1.165) is 61.4 Å². The summed E-state index contributed by atoms with van der Waals surface area (Å²) in [5.74, 6) is 1.61. The molecule has 11 nitrogen and oxygen atoms in total. The van der Waals surface area contributed by atoms with Crippen LogP contribution < -0.4 is 15.5 Å². The van der Waals surface area contributed by atoms with Crippen LogP contribution in [0.15, 0.2) is 60.8 Å². The van der Waals surface area contributed by atoms with Gasteiger partial charge in [-0.3, -0.25) is 4.79 Å². The highest BCUT2D eigenvalue weighted by molar-refractivity contribution is 6.00. The number of morpholine rings is 1. The highest BCUT2D eigenvalue weighted by Crippen LogP contribution is 2.31. The van der Waals surface area contributed by atoms with Crippen molar-refractivity contribution >= 4 is 40.2 Å². The Bertz CT molecular complexity index is 1700. The molecule has 3 aliphatic rings. The van der Waals surface area contributed by atoms with E-state index in [1.807, 2.05) is 29.2 Å². The second kappa shape index (κ2) is 13.7. The van der Waals surface area contributed by atoms with Crippen molar-refractivity contribution in [3.63, 3.8) is 0 Å². The van der Waals surface area contributed by atoms with Crippen LogP contribution in [0.5, 0.6) is 0 Å². The van der Waals surface area contributed by atoms with Crippen molar-refractivity contribution in [3.05, 3.63) is 66.4 Å². The van der Waals surface area contributed by atoms with E-state index in [9.17, 15) is 9.59 Å². The topological polar surface area (TPSA) is 108 Å². The number of ether oxygens (including phenoxy) is 1. The zero-order valence-corrected chi connectivity index (χ0v) is 27.3. The van der Waals surface area contributed by atoms with Crippen LogP contribution >= 0.6 is 0 Å². The van der Waals surface area contributed by atoms with Gasteiger partial charge in [0, 0.05) is 67.0 Å². The number of benzene rings is 2. The molecule has 3 amide bonds. The summed E-state index contributed by atoms with van der Waals surface area (Å²) in [7, 11) is 0. The average Bonchev–Trinajstić information content (AvgIpc) is 3.80. The third-order valence-electron chi connectivity index (χ3n) is 9.62. The molecule has 5 heterocycles. The number of anilines is 3. The highest BCUT2D eigenvalue weighted by Gasteiger charge is 2.28. The van der Waals surface area contributed by atoms with Gasteiger partial charge in [-0.1, -0.05) is 0 Å². The van der Waals surface area contributed by atoms with E-state index in [0.29, 0.717) is 42.0 Å². The lowest BCUT2D eigenvalue weighted by molar-refractivity contribution is 0.0644. The number of piperidine rings is 1. The van der Waals surface area contributed by atoms with Gasteiger partial charge < -0.3 is 34.6 Å². The van der Waals surface area contributed by atoms with Crippen molar-refractivity contribution < 1.29 is 14.3 Å². The number of urea groups is 1. The molecule has 3 aliphatic heterocycles. The lowest BCUT2D eigenvalue weighted by Gasteiger charge is -2.36. The Hall–Kier alpha value is -4.48. The summed E-state index contributed by atoms with van der Waals surface area (Å²) in [6, 6.07) is 17.3. The number of likely N-dealkylation sites (tertiary alicyclic amines) is 2. The van der Waals surface area contributed by atoms with Gasteiger partial charge in [-0.2, -0.15) is 0 Å². The number of nitrogens with zero attached hydrogens (tertiary/aromatic N) is 6. The Kier molecular flexibility index (Phi) is 9.08. The molecule has 246 valence electrons. The summed E-state index contributed by atoms with van der Waals surface area (Å²) in [4.78, 5) is 42.7. The third-order valence-corrected chi connectivity index (χ3v) is 9.62. The predicted molar refractivity (Wildman–Crippen MR) is 185 cm³/mol. The zero-order chi connectivity index (χ0) is 32.3. The van der Waals surface area contributed by atoms with Crippen LogP contribution in [0, 0.1) is 0 Å². The summed E-state index contributed by atoms with van der Waals surface area (Å²) in [6.07, 6.45) is 6.74. The lowest BCUT2D eigenvalue weighted by Crippen LogP contribution is -2.45. The van der Waals surface area contributed by atoms with Crippen molar-refractivity contribution in [2.24, 2.45) is 0 Å². The van der Waals surface area contributed by atoms with E-state index >= 15 is 0 Å². The molecule has 0 aliphatic carbocycles. The van der Waals surface area contributed by atoms with E-state index in [4.69, 9.17) is 14.7 Å². The number of nitrogens with one attached hydrogen (secondary N) is 2. The van der Waals surface area contributed by atoms with Crippen molar-refractivity contribution in [2.75, 3.05) is 68.0 Å². The maximum Gasteiger partial charge on any atom is 0.323 e. The molecule has 3 saturated heterocycles. The van der Waals surface area contributed by atoms with Crippen LogP contribution in [0.25, 0.3) is 22.4 Å². The van der Waals surface area contributed by atoms with Gasteiger partial charge in [0.25, 0.3) is 5.91 Å². The fourth-order valence-corrected chi connectivity index (χ4v) is 7.00. The number of aromatic nitrogens is 3. The molecule has 11 heteroatoms. The van der Waals surface area contributed by atoms with Gasteiger partial charge >= 0.3 is 6.03 Å². The first-order valence-corrected chi connectivity index (χ1v) is 17.0. The molecule has 2 aromatic heterocycles. The molecule has 0 radical (unpaired) electrons. The first-order chi connectivity index (χ1) is 22.9. The van der Waals surface area contributed by atoms with Crippen molar-refractivity contribution in [1.29, 1.82) is 0 Å². The minimum absolute atomic E-state index is 0.0542. The molecular formula is C36H44N8O3. The number of amides is 3. The Morgan fingerprint density at radius 2 is 1.45 bits per heavy atom. The molecule has 47 heavy (non-hydrogen) atoms. The number of carbonyl (C=O) groups is 2. The zero-order valence-electron chi connectivity index (χ0n) is 27.3. The number of carbonyl (C=O) groups excluding carboxylic acids is 2. The van der Waals surface area contributed by atoms with E-state index < -0.39 is 0 Å². The fourth-order valence-electron chi connectivity index (χ4n) is 7.00. The summed E-state index contributed by atoms with van der Waals surface area (Å²) in [5.41, 5.74) is 3.68. The van der Waals surface area contributed by atoms with Crippen LogP contribution in [0.2, 0.25) is 0 Å². The third kappa shape index (κ3) is 6.82. The van der Waals surface area contributed by atoms with Gasteiger partial charge in [-0.15, -0.1) is 0 Å². The summed E-state index contributed by atoms with van der Waals surface area (Å²) >= 11 is 0. The standard InChI is InChI=1S/C36H44N8O3/c1-25(2)44-20-15-31-33(42-21-23-47-24-22-42)39-32(40-34(31)44)26-5-9-28(10-6-26)37-36(46)38-29-11-7-27(8-12-29)35(45)43-18-13-30(14-19-43)41-16-3-4-17-41/h5-12,15,20,25,30H,3-4,13-14,16-19,21-24H2,1-2H3,(H2,37,38,46). The summed E-state index contributed by atoms with van der Waals surface area (Å²) in [5, 5.41) is 6.81. The molecule has 0 saturated carbocycles. The molecule has 0 spiro atoms. The Labute approximate surface area is 275 Å². The Morgan fingerprint density at radius 3 is 2.09 bits per heavy atom. The molecule has 4 aromatic rings. The Balaban J connectivity index is 0.976. The lowest BCUT2D eigenvalue weighted by atomic mass is 10.0. The van der Waals surface area contributed by atoms with E-state index in [1.54, 1.807) is 24.3 Å². The Morgan fingerprint density at radius 1 is 0.809 bits per heavy atom. The SMILES string of the molecule is CC(C)n1ccc2c(N3CCOCC3)nc(-c3ccc(NC(=O)Nc4ccc(C(=O)N5CCC(N6CCCC6)CC5)cc4)cc3)nc21. The first-order valence-electron chi connectivity index (χ1n) is 17.0. The maximum absolute atomic E-state index is 13.1. The maximum atomic E-state index is 13.1.